The fraction of sp³-hybridized carbons (Fsp3) is 0.556. The van der Waals surface area contributed by atoms with Crippen LogP contribution < -0.4 is 16.0 Å². The molecule has 1 heterocycles. The summed E-state index contributed by atoms with van der Waals surface area (Å²) < 4.78 is 0. The first-order valence-corrected chi connectivity index (χ1v) is 8.49. The molecule has 1 saturated carbocycles. The van der Waals surface area contributed by atoms with Crippen molar-refractivity contribution in [1.82, 2.24) is 16.0 Å². The second-order valence-corrected chi connectivity index (χ2v) is 6.74. The summed E-state index contributed by atoms with van der Waals surface area (Å²) in [6.07, 6.45) is 2.62. The van der Waals surface area contributed by atoms with E-state index in [-0.39, 0.29) is 17.7 Å². The third-order valence-electron chi connectivity index (χ3n) is 4.77. The SMILES string of the molecule is CC(C(=O)NC(Cc1ccccc1)C(=O)NC1CC1)C1CNC1. The number of amides is 2. The molecule has 1 aliphatic heterocycles. The van der Waals surface area contributed by atoms with Gasteiger partial charge in [0.05, 0.1) is 0 Å². The molecule has 0 radical (unpaired) electrons. The Balaban J connectivity index is 1.63. The molecule has 0 aromatic heterocycles. The van der Waals surface area contributed by atoms with Gasteiger partial charge >= 0.3 is 0 Å². The number of carbonyl (C=O) groups is 2. The van der Waals surface area contributed by atoms with Gasteiger partial charge in [-0.15, -0.1) is 0 Å². The van der Waals surface area contributed by atoms with E-state index in [9.17, 15) is 9.59 Å². The van der Waals surface area contributed by atoms with Crippen molar-refractivity contribution in [2.75, 3.05) is 13.1 Å². The molecule has 5 nitrogen and oxygen atoms in total. The molecule has 2 aliphatic rings. The zero-order valence-electron chi connectivity index (χ0n) is 13.5. The molecule has 2 atom stereocenters. The number of nitrogens with one attached hydrogen (secondary N) is 3. The number of hydrogen-bond donors (Lipinski definition) is 3. The topological polar surface area (TPSA) is 70.2 Å². The van der Waals surface area contributed by atoms with Gasteiger partial charge in [0.25, 0.3) is 0 Å². The maximum absolute atomic E-state index is 12.5. The second-order valence-electron chi connectivity index (χ2n) is 6.74. The van der Waals surface area contributed by atoms with Gasteiger partial charge in [-0.1, -0.05) is 37.3 Å². The van der Waals surface area contributed by atoms with Crippen LogP contribution in [0.4, 0.5) is 0 Å². The van der Waals surface area contributed by atoms with Crippen LogP contribution in [-0.2, 0) is 16.0 Å². The van der Waals surface area contributed by atoms with Crippen molar-refractivity contribution in [3.05, 3.63) is 35.9 Å². The van der Waals surface area contributed by atoms with Crippen LogP contribution in [0.1, 0.15) is 25.3 Å². The lowest BCUT2D eigenvalue weighted by atomic mass is 9.88. The highest BCUT2D eigenvalue weighted by Crippen LogP contribution is 2.20. The Morgan fingerprint density at radius 2 is 1.87 bits per heavy atom. The van der Waals surface area contributed by atoms with Gasteiger partial charge in [0.1, 0.15) is 6.04 Å². The van der Waals surface area contributed by atoms with Crippen molar-refractivity contribution in [3.63, 3.8) is 0 Å². The largest absolute Gasteiger partial charge is 0.352 e. The van der Waals surface area contributed by atoms with E-state index in [1.54, 1.807) is 0 Å². The Morgan fingerprint density at radius 3 is 2.43 bits per heavy atom. The molecule has 1 aliphatic carbocycles. The van der Waals surface area contributed by atoms with E-state index in [4.69, 9.17) is 0 Å². The standard InChI is InChI=1S/C18H25N3O2/c1-12(14-10-19-11-14)17(22)21-16(18(23)20-15-7-8-15)9-13-5-3-2-4-6-13/h2-6,12,14-16,19H,7-11H2,1H3,(H,20,23)(H,21,22). The number of hydrogen-bond acceptors (Lipinski definition) is 3. The summed E-state index contributed by atoms with van der Waals surface area (Å²) in [7, 11) is 0. The molecular formula is C18H25N3O2. The van der Waals surface area contributed by atoms with Crippen molar-refractivity contribution in [1.29, 1.82) is 0 Å². The highest BCUT2D eigenvalue weighted by atomic mass is 16.2. The molecule has 1 saturated heterocycles. The van der Waals surface area contributed by atoms with Crippen LogP contribution in [0.3, 0.4) is 0 Å². The van der Waals surface area contributed by atoms with Crippen LogP contribution in [0.25, 0.3) is 0 Å². The van der Waals surface area contributed by atoms with Crippen LogP contribution in [0, 0.1) is 11.8 Å². The van der Waals surface area contributed by atoms with Crippen molar-refractivity contribution >= 4 is 11.8 Å². The third kappa shape index (κ3) is 4.32. The van der Waals surface area contributed by atoms with Gasteiger partial charge in [0.15, 0.2) is 0 Å². The number of carbonyl (C=O) groups excluding carboxylic acids is 2. The Bertz CT molecular complexity index is 553. The van der Waals surface area contributed by atoms with E-state index in [2.05, 4.69) is 16.0 Å². The van der Waals surface area contributed by atoms with Crippen LogP contribution in [0.15, 0.2) is 30.3 Å². The first kappa shape index (κ1) is 16.0. The maximum atomic E-state index is 12.5. The zero-order chi connectivity index (χ0) is 16.2. The molecule has 5 heteroatoms. The first-order chi connectivity index (χ1) is 11.1. The van der Waals surface area contributed by atoms with Crippen LogP contribution in [-0.4, -0.2) is 37.0 Å². The van der Waals surface area contributed by atoms with Crippen LogP contribution in [0.5, 0.6) is 0 Å². The molecule has 2 amide bonds. The molecule has 3 N–H and O–H groups in total. The summed E-state index contributed by atoms with van der Waals surface area (Å²) in [5, 5.41) is 9.17. The van der Waals surface area contributed by atoms with E-state index in [1.807, 2.05) is 37.3 Å². The Hall–Kier alpha value is -1.88. The summed E-state index contributed by atoms with van der Waals surface area (Å²) in [6.45, 7) is 3.71. The molecule has 2 fully saturated rings. The van der Waals surface area contributed by atoms with Gasteiger partial charge in [-0.3, -0.25) is 9.59 Å². The minimum atomic E-state index is -0.499. The minimum absolute atomic E-state index is 0.0246. The van der Waals surface area contributed by atoms with Gasteiger partial charge in [-0.05, 0) is 37.4 Å². The average Bonchev–Trinajstić information content (AvgIpc) is 3.29. The van der Waals surface area contributed by atoms with Gasteiger partial charge in [-0.2, -0.15) is 0 Å². The molecule has 1 aromatic rings. The molecule has 23 heavy (non-hydrogen) atoms. The summed E-state index contributed by atoms with van der Waals surface area (Å²) in [4.78, 5) is 24.9. The van der Waals surface area contributed by atoms with Crippen LogP contribution >= 0.6 is 0 Å². The number of benzene rings is 1. The molecule has 2 unspecified atom stereocenters. The Kier molecular flexibility index (Phi) is 4.96. The van der Waals surface area contributed by atoms with Crippen LogP contribution in [0.2, 0.25) is 0 Å². The van der Waals surface area contributed by atoms with E-state index < -0.39 is 6.04 Å². The molecule has 1 aromatic carbocycles. The second kappa shape index (κ2) is 7.13. The Labute approximate surface area is 137 Å². The van der Waals surface area contributed by atoms with Crippen molar-refractivity contribution in [2.45, 2.75) is 38.3 Å². The lowest BCUT2D eigenvalue weighted by Crippen LogP contribution is -2.54. The van der Waals surface area contributed by atoms with Crippen molar-refractivity contribution in [3.8, 4) is 0 Å². The van der Waals surface area contributed by atoms with Gasteiger partial charge in [0, 0.05) is 18.4 Å². The normalized spacial score (nSPS) is 20.2. The highest BCUT2D eigenvalue weighted by molar-refractivity contribution is 5.89. The monoisotopic (exact) mass is 315 g/mol. The Morgan fingerprint density at radius 1 is 1.17 bits per heavy atom. The summed E-state index contributed by atoms with van der Waals surface area (Å²) in [5.74, 6) is 0.217. The quantitative estimate of drug-likeness (QED) is 0.698. The zero-order valence-corrected chi connectivity index (χ0v) is 13.5. The first-order valence-electron chi connectivity index (χ1n) is 8.49. The summed E-state index contributed by atoms with van der Waals surface area (Å²) >= 11 is 0. The lowest BCUT2D eigenvalue weighted by Gasteiger charge is -2.32. The van der Waals surface area contributed by atoms with Crippen molar-refractivity contribution in [2.24, 2.45) is 11.8 Å². The predicted molar refractivity (Wildman–Crippen MR) is 88.8 cm³/mol. The lowest BCUT2D eigenvalue weighted by molar-refractivity contribution is -0.132. The van der Waals surface area contributed by atoms with Gasteiger partial charge < -0.3 is 16.0 Å². The van der Waals surface area contributed by atoms with Crippen molar-refractivity contribution < 1.29 is 9.59 Å². The fourth-order valence-electron chi connectivity index (χ4n) is 2.77. The molecule has 3 rings (SSSR count). The predicted octanol–water partition coefficient (Wildman–Crippen LogP) is 0.848. The average molecular weight is 315 g/mol. The van der Waals surface area contributed by atoms with Gasteiger partial charge in [0.2, 0.25) is 11.8 Å². The molecule has 124 valence electrons. The van der Waals surface area contributed by atoms with E-state index in [0.717, 1.165) is 31.5 Å². The highest BCUT2D eigenvalue weighted by Gasteiger charge is 2.32. The summed E-state index contributed by atoms with van der Waals surface area (Å²) in [6, 6.07) is 9.64. The maximum Gasteiger partial charge on any atom is 0.243 e. The van der Waals surface area contributed by atoms with E-state index >= 15 is 0 Å². The summed E-state index contributed by atoms with van der Waals surface area (Å²) in [5.41, 5.74) is 1.06. The minimum Gasteiger partial charge on any atom is -0.352 e. The fourth-order valence-corrected chi connectivity index (χ4v) is 2.77. The van der Waals surface area contributed by atoms with E-state index in [0.29, 0.717) is 18.4 Å². The smallest absolute Gasteiger partial charge is 0.243 e. The van der Waals surface area contributed by atoms with E-state index in [1.165, 1.54) is 0 Å². The molecule has 0 bridgehead atoms. The number of rotatable bonds is 7. The molecular weight excluding hydrogens is 290 g/mol. The van der Waals surface area contributed by atoms with Gasteiger partial charge in [-0.25, -0.2) is 0 Å². The third-order valence-corrected chi connectivity index (χ3v) is 4.77. The molecule has 0 spiro atoms.